The maximum absolute atomic E-state index is 3.50. The summed E-state index contributed by atoms with van der Waals surface area (Å²) in [6, 6.07) is 8.59. The van der Waals surface area contributed by atoms with E-state index in [0.29, 0.717) is 5.92 Å². The zero-order valence-electron chi connectivity index (χ0n) is 9.51. The number of benzene rings is 1. The fourth-order valence-corrected chi connectivity index (χ4v) is 1.56. The highest BCUT2D eigenvalue weighted by Crippen LogP contribution is 2.23. The molecule has 0 radical (unpaired) electrons. The van der Waals surface area contributed by atoms with Crippen LogP contribution in [0.25, 0.3) is 0 Å². The molecular formula is C13H21N. The quantitative estimate of drug-likeness (QED) is 0.693. The molecule has 0 heterocycles. The summed E-state index contributed by atoms with van der Waals surface area (Å²) in [5.41, 5.74) is 2.72. The van der Waals surface area contributed by atoms with Gasteiger partial charge in [-0.15, -0.1) is 0 Å². The number of unbranched alkanes of at least 4 members (excludes halogenated alkanes) is 1. The minimum atomic E-state index is 0.598. The molecule has 0 aliphatic heterocycles. The number of para-hydroxylation sites is 1. The van der Waals surface area contributed by atoms with Gasteiger partial charge in [-0.2, -0.15) is 0 Å². The first kappa shape index (κ1) is 11.1. The summed E-state index contributed by atoms with van der Waals surface area (Å²) in [6.07, 6.45) is 2.49. The number of nitrogens with one attached hydrogen (secondary N) is 1. The Morgan fingerprint density at radius 1 is 1.21 bits per heavy atom. The fourth-order valence-electron chi connectivity index (χ4n) is 1.56. The maximum Gasteiger partial charge on any atom is 0.0375 e. The SMILES string of the molecule is CCCCNc1ccccc1C(C)C. The lowest BCUT2D eigenvalue weighted by Gasteiger charge is -2.13. The first-order valence-electron chi connectivity index (χ1n) is 5.58. The third-order valence-electron chi connectivity index (χ3n) is 2.43. The van der Waals surface area contributed by atoms with Crippen LogP contribution in [0.2, 0.25) is 0 Å². The summed E-state index contributed by atoms with van der Waals surface area (Å²) in [4.78, 5) is 0. The average molecular weight is 191 g/mol. The predicted octanol–water partition coefficient (Wildman–Crippen LogP) is 4.02. The summed E-state index contributed by atoms with van der Waals surface area (Å²) in [7, 11) is 0. The number of rotatable bonds is 5. The van der Waals surface area contributed by atoms with Gasteiger partial charge in [0.05, 0.1) is 0 Å². The van der Waals surface area contributed by atoms with Crippen LogP contribution in [-0.2, 0) is 0 Å². The minimum absolute atomic E-state index is 0.598. The van der Waals surface area contributed by atoms with Crippen LogP contribution in [0.15, 0.2) is 24.3 Å². The highest BCUT2D eigenvalue weighted by atomic mass is 14.9. The highest BCUT2D eigenvalue weighted by Gasteiger charge is 2.03. The van der Waals surface area contributed by atoms with Gasteiger partial charge >= 0.3 is 0 Å². The molecule has 0 saturated heterocycles. The lowest BCUT2D eigenvalue weighted by atomic mass is 10.0. The van der Waals surface area contributed by atoms with Gasteiger partial charge in [-0.05, 0) is 24.0 Å². The lowest BCUT2D eigenvalue weighted by molar-refractivity contribution is 0.824. The molecular weight excluding hydrogens is 170 g/mol. The largest absolute Gasteiger partial charge is 0.385 e. The molecule has 1 nitrogen and oxygen atoms in total. The third kappa shape index (κ3) is 3.06. The van der Waals surface area contributed by atoms with E-state index in [0.717, 1.165) is 6.54 Å². The molecule has 14 heavy (non-hydrogen) atoms. The predicted molar refractivity (Wildman–Crippen MR) is 63.9 cm³/mol. The van der Waals surface area contributed by atoms with Gasteiger partial charge in [0.15, 0.2) is 0 Å². The van der Waals surface area contributed by atoms with E-state index in [1.165, 1.54) is 24.1 Å². The third-order valence-corrected chi connectivity index (χ3v) is 2.43. The first-order chi connectivity index (χ1) is 6.75. The van der Waals surface area contributed by atoms with E-state index in [-0.39, 0.29) is 0 Å². The smallest absolute Gasteiger partial charge is 0.0375 e. The van der Waals surface area contributed by atoms with Crippen molar-refractivity contribution in [2.45, 2.75) is 39.5 Å². The summed E-state index contributed by atoms with van der Waals surface area (Å²) in [6.45, 7) is 7.77. The van der Waals surface area contributed by atoms with Crippen LogP contribution in [0.4, 0.5) is 5.69 Å². The van der Waals surface area contributed by atoms with E-state index in [2.05, 4.69) is 50.4 Å². The second-order valence-corrected chi connectivity index (χ2v) is 4.02. The molecule has 0 fully saturated rings. The Labute approximate surface area is 87.5 Å². The Bertz CT molecular complexity index is 266. The minimum Gasteiger partial charge on any atom is -0.385 e. The summed E-state index contributed by atoms with van der Waals surface area (Å²) in [5, 5.41) is 3.50. The zero-order chi connectivity index (χ0) is 10.4. The number of hydrogen-bond acceptors (Lipinski definition) is 1. The van der Waals surface area contributed by atoms with Gasteiger partial charge in [0.25, 0.3) is 0 Å². The Morgan fingerprint density at radius 3 is 2.57 bits per heavy atom. The molecule has 0 amide bonds. The van der Waals surface area contributed by atoms with Crippen molar-refractivity contribution >= 4 is 5.69 Å². The van der Waals surface area contributed by atoms with Crippen LogP contribution < -0.4 is 5.32 Å². The maximum atomic E-state index is 3.50. The molecule has 0 aromatic heterocycles. The normalized spacial score (nSPS) is 10.6. The van der Waals surface area contributed by atoms with E-state index < -0.39 is 0 Å². The molecule has 0 aliphatic rings. The van der Waals surface area contributed by atoms with Gasteiger partial charge in [0, 0.05) is 12.2 Å². The van der Waals surface area contributed by atoms with E-state index in [9.17, 15) is 0 Å². The first-order valence-corrected chi connectivity index (χ1v) is 5.58. The topological polar surface area (TPSA) is 12.0 Å². The Balaban J connectivity index is 2.64. The van der Waals surface area contributed by atoms with E-state index in [1.54, 1.807) is 0 Å². The summed E-state index contributed by atoms with van der Waals surface area (Å²) in [5.74, 6) is 0.598. The fraction of sp³-hybridized carbons (Fsp3) is 0.538. The van der Waals surface area contributed by atoms with E-state index >= 15 is 0 Å². The highest BCUT2D eigenvalue weighted by molar-refractivity contribution is 5.52. The Kier molecular flexibility index (Phi) is 4.51. The molecule has 1 rings (SSSR count). The molecule has 0 atom stereocenters. The van der Waals surface area contributed by atoms with Crippen molar-refractivity contribution in [3.8, 4) is 0 Å². The molecule has 1 N–H and O–H groups in total. The van der Waals surface area contributed by atoms with Crippen LogP contribution in [0.3, 0.4) is 0 Å². The Hall–Kier alpha value is -0.980. The van der Waals surface area contributed by atoms with Gasteiger partial charge in [-0.1, -0.05) is 45.4 Å². The second kappa shape index (κ2) is 5.69. The molecule has 0 unspecified atom stereocenters. The molecule has 0 aliphatic carbocycles. The monoisotopic (exact) mass is 191 g/mol. The summed E-state index contributed by atoms with van der Waals surface area (Å²) < 4.78 is 0. The van der Waals surface area contributed by atoms with Crippen molar-refractivity contribution in [3.05, 3.63) is 29.8 Å². The molecule has 1 aromatic carbocycles. The van der Waals surface area contributed by atoms with Crippen molar-refractivity contribution in [1.29, 1.82) is 0 Å². The van der Waals surface area contributed by atoms with Gasteiger partial charge < -0.3 is 5.32 Å². The molecule has 1 aromatic rings. The average Bonchev–Trinajstić information content (AvgIpc) is 2.19. The molecule has 0 bridgehead atoms. The lowest BCUT2D eigenvalue weighted by Crippen LogP contribution is -2.04. The van der Waals surface area contributed by atoms with Crippen molar-refractivity contribution < 1.29 is 0 Å². The van der Waals surface area contributed by atoms with Crippen molar-refractivity contribution in [1.82, 2.24) is 0 Å². The van der Waals surface area contributed by atoms with Gasteiger partial charge in [0.2, 0.25) is 0 Å². The van der Waals surface area contributed by atoms with Crippen LogP contribution in [0.5, 0.6) is 0 Å². The summed E-state index contributed by atoms with van der Waals surface area (Å²) >= 11 is 0. The van der Waals surface area contributed by atoms with Gasteiger partial charge in [0.1, 0.15) is 0 Å². The molecule has 0 saturated carbocycles. The van der Waals surface area contributed by atoms with Crippen molar-refractivity contribution in [2.24, 2.45) is 0 Å². The Morgan fingerprint density at radius 2 is 1.93 bits per heavy atom. The van der Waals surface area contributed by atoms with Crippen LogP contribution in [0, 0.1) is 0 Å². The van der Waals surface area contributed by atoms with Gasteiger partial charge in [-0.3, -0.25) is 0 Å². The zero-order valence-corrected chi connectivity index (χ0v) is 9.51. The second-order valence-electron chi connectivity index (χ2n) is 4.02. The van der Waals surface area contributed by atoms with Crippen molar-refractivity contribution in [2.75, 3.05) is 11.9 Å². The standard InChI is InChI=1S/C13H21N/c1-4-5-10-14-13-9-7-6-8-12(13)11(2)3/h6-9,11,14H,4-5,10H2,1-3H3. The van der Waals surface area contributed by atoms with Gasteiger partial charge in [-0.25, -0.2) is 0 Å². The van der Waals surface area contributed by atoms with E-state index in [1.807, 2.05) is 0 Å². The van der Waals surface area contributed by atoms with Crippen molar-refractivity contribution in [3.63, 3.8) is 0 Å². The van der Waals surface area contributed by atoms with Crippen LogP contribution in [-0.4, -0.2) is 6.54 Å². The van der Waals surface area contributed by atoms with Crippen LogP contribution >= 0.6 is 0 Å². The molecule has 78 valence electrons. The number of anilines is 1. The van der Waals surface area contributed by atoms with E-state index in [4.69, 9.17) is 0 Å². The molecule has 0 spiro atoms. The number of hydrogen-bond donors (Lipinski definition) is 1. The van der Waals surface area contributed by atoms with Crippen LogP contribution in [0.1, 0.15) is 45.1 Å². The molecule has 1 heteroatoms.